The third kappa shape index (κ3) is 3.37. The topological polar surface area (TPSA) is 75.9 Å². The van der Waals surface area contributed by atoms with Crippen LogP contribution in [0.15, 0.2) is 4.42 Å². The van der Waals surface area contributed by atoms with Crippen molar-refractivity contribution in [1.82, 2.24) is 14.8 Å². The number of piperidine rings is 1. The van der Waals surface area contributed by atoms with E-state index in [9.17, 15) is 9.59 Å². The number of carbonyl (C=O) groups excluding carboxylic acids is 2. The van der Waals surface area contributed by atoms with Crippen molar-refractivity contribution in [3.63, 3.8) is 0 Å². The molecular weight excluding hydrogens is 322 g/mol. The molecule has 0 aromatic carbocycles. The minimum atomic E-state index is -0.454. The highest BCUT2D eigenvalue weighted by atomic mass is 16.6. The average molecular weight is 349 g/mol. The smallest absolute Gasteiger partial charge is 0.410 e. The largest absolute Gasteiger partial charge is 0.445 e. The number of aryl methyl sites for hydroxylation is 2. The monoisotopic (exact) mass is 349 g/mol. The van der Waals surface area contributed by atoms with Crippen LogP contribution >= 0.6 is 0 Å². The molecule has 2 aliphatic rings. The van der Waals surface area contributed by atoms with Gasteiger partial charge in [0.1, 0.15) is 11.4 Å². The molecular formula is C18H27N3O4. The minimum Gasteiger partial charge on any atom is -0.445 e. The molecule has 3 heterocycles. The van der Waals surface area contributed by atoms with Crippen LogP contribution in [0.3, 0.4) is 0 Å². The van der Waals surface area contributed by atoms with E-state index in [0.29, 0.717) is 49.8 Å². The van der Waals surface area contributed by atoms with Crippen molar-refractivity contribution in [3.05, 3.63) is 17.3 Å². The van der Waals surface area contributed by atoms with Crippen molar-refractivity contribution >= 4 is 12.0 Å². The predicted molar refractivity (Wildman–Crippen MR) is 91.4 cm³/mol. The molecule has 1 unspecified atom stereocenters. The molecule has 7 heteroatoms. The SMILES string of the molecule is CCCC(C)N1CC2(CCN(C(=O)c3nc(C)oc3C)CC2)OC1=O. The first-order valence-corrected chi connectivity index (χ1v) is 9.08. The lowest BCUT2D eigenvalue weighted by Gasteiger charge is -2.37. The summed E-state index contributed by atoms with van der Waals surface area (Å²) in [5, 5.41) is 0. The van der Waals surface area contributed by atoms with Gasteiger partial charge in [-0.05, 0) is 20.3 Å². The van der Waals surface area contributed by atoms with Gasteiger partial charge in [-0.2, -0.15) is 0 Å². The minimum absolute atomic E-state index is 0.107. The van der Waals surface area contributed by atoms with E-state index in [0.717, 1.165) is 12.8 Å². The van der Waals surface area contributed by atoms with Gasteiger partial charge in [0.15, 0.2) is 11.6 Å². The van der Waals surface area contributed by atoms with Crippen LogP contribution in [0, 0.1) is 13.8 Å². The normalized spacial score (nSPS) is 20.9. The third-order valence-electron chi connectivity index (χ3n) is 5.30. The van der Waals surface area contributed by atoms with Crippen LogP contribution in [0.25, 0.3) is 0 Å². The van der Waals surface area contributed by atoms with E-state index in [2.05, 4.69) is 18.8 Å². The van der Waals surface area contributed by atoms with E-state index < -0.39 is 5.60 Å². The molecule has 0 radical (unpaired) electrons. The Morgan fingerprint density at radius 1 is 1.32 bits per heavy atom. The fraction of sp³-hybridized carbons (Fsp3) is 0.722. The molecule has 2 aliphatic heterocycles. The van der Waals surface area contributed by atoms with Gasteiger partial charge >= 0.3 is 6.09 Å². The number of amides is 2. The van der Waals surface area contributed by atoms with Crippen molar-refractivity contribution in [3.8, 4) is 0 Å². The van der Waals surface area contributed by atoms with Crippen LogP contribution < -0.4 is 0 Å². The van der Waals surface area contributed by atoms with E-state index in [-0.39, 0.29) is 18.0 Å². The van der Waals surface area contributed by atoms with E-state index >= 15 is 0 Å². The van der Waals surface area contributed by atoms with Gasteiger partial charge in [-0.3, -0.25) is 4.79 Å². The highest BCUT2D eigenvalue weighted by Gasteiger charge is 2.48. The van der Waals surface area contributed by atoms with E-state index in [4.69, 9.17) is 9.15 Å². The fourth-order valence-corrected chi connectivity index (χ4v) is 3.82. The van der Waals surface area contributed by atoms with Gasteiger partial charge in [0.25, 0.3) is 5.91 Å². The standard InChI is InChI=1S/C18H27N3O4/c1-5-6-12(2)21-11-18(25-17(21)23)7-9-20(10-8-18)16(22)15-13(3)24-14(4)19-15/h12H,5-11H2,1-4H3. The number of hydrogen-bond acceptors (Lipinski definition) is 5. The maximum atomic E-state index is 12.6. The van der Waals surface area contributed by atoms with Crippen LogP contribution in [-0.4, -0.2) is 58.1 Å². The first kappa shape index (κ1) is 17.8. The molecule has 0 aliphatic carbocycles. The highest BCUT2D eigenvalue weighted by molar-refractivity contribution is 5.93. The van der Waals surface area contributed by atoms with E-state index in [1.54, 1.807) is 18.7 Å². The van der Waals surface area contributed by atoms with Crippen molar-refractivity contribution in [2.24, 2.45) is 0 Å². The molecule has 0 N–H and O–H groups in total. The Morgan fingerprint density at radius 2 is 2.00 bits per heavy atom. The zero-order valence-electron chi connectivity index (χ0n) is 15.5. The molecule has 1 spiro atoms. The maximum Gasteiger partial charge on any atom is 0.410 e. The van der Waals surface area contributed by atoms with Crippen LogP contribution in [-0.2, 0) is 4.74 Å². The molecule has 2 saturated heterocycles. The molecule has 1 aromatic rings. The fourth-order valence-electron chi connectivity index (χ4n) is 3.82. The predicted octanol–water partition coefficient (Wildman–Crippen LogP) is 2.91. The van der Waals surface area contributed by atoms with Crippen LogP contribution in [0.5, 0.6) is 0 Å². The summed E-state index contributed by atoms with van der Waals surface area (Å²) < 4.78 is 11.1. The van der Waals surface area contributed by atoms with Gasteiger partial charge in [-0.15, -0.1) is 0 Å². The lowest BCUT2D eigenvalue weighted by atomic mass is 9.90. The molecule has 7 nitrogen and oxygen atoms in total. The number of nitrogens with zero attached hydrogens (tertiary/aromatic N) is 3. The quantitative estimate of drug-likeness (QED) is 0.835. The zero-order valence-corrected chi connectivity index (χ0v) is 15.5. The average Bonchev–Trinajstić information content (AvgIpc) is 3.07. The number of hydrogen-bond donors (Lipinski definition) is 0. The number of ether oxygens (including phenoxy) is 1. The molecule has 0 saturated carbocycles. The third-order valence-corrected chi connectivity index (χ3v) is 5.30. The van der Waals surface area contributed by atoms with Crippen LogP contribution in [0.2, 0.25) is 0 Å². The number of carbonyl (C=O) groups is 2. The zero-order chi connectivity index (χ0) is 18.2. The second kappa shape index (κ2) is 6.69. The van der Waals surface area contributed by atoms with E-state index in [1.807, 2.05) is 4.90 Å². The van der Waals surface area contributed by atoms with Gasteiger partial charge in [-0.25, -0.2) is 9.78 Å². The highest BCUT2D eigenvalue weighted by Crippen LogP contribution is 2.35. The Kier molecular flexibility index (Phi) is 4.75. The maximum absolute atomic E-state index is 12.6. The van der Waals surface area contributed by atoms with Gasteiger partial charge in [-0.1, -0.05) is 13.3 Å². The van der Waals surface area contributed by atoms with Crippen molar-refractivity contribution in [2.45, 2.75) is 65.0 Å². The molecule has 2 amide bonds. The lowest BCUT2D eigenvalue weighted by Crippen LogP contribution is -2.49. The molecule has 0 bridgehead atoms. The summed E-state index contributed by atoms with van der Waals surface area (Å²) in [4.78, 5) is 32.7. The molecule has 3 rings (SSSR count). The summed E-state index contributed by atoms with van der Waals surface area (Å²) >= 11 is 0. The molecule has 2 fully saturated rings. The van der Waals surface area contributed by atoms with Crippen molar-refractivity contribution in [2.75, 3.05) is 19.6 Å². The second-order valence-electron chi connectivity index (χ2n) is 7.25. The van der Waals surface area contributed by atoms with E-state index in [1.165, 1.54) is 0 Å². The van der Waals surface area contributed by atoms with Gasteiger partial charge < -0.3 is 19.0 Å². The Balaban J connectivity index is 1.63. The van der Waals surface area contributed by atoms with Gasteiger partial charge in [0.05, 0.1) is 6.54 Å². The van der Waals surface area contributed by atoms with Gasteiger partial charge in [0.2, 0.25) is 0 Å². The van der Waals surface area contributed by atoms with Crippen LogP contribution in [0.4, 0.5) is 4.79 Å². The molecule has 25 heavy (non-hydrogen) atoms. The number of likely N-dealkylation sites (tertiary alicyclic amines) is 1. The summed E-state index contributed by atoms with van der Waals surface area (Å²) in [5.41, 5.74) is -0.0694. The van der Waals surface area contributed by atoms with Crippen molar-refractivity contribution in [1.29, 1.82) is 0 Å². The summed E-state index contributed by atoms with van der Waals surface area (Å²) in [5.74, 6) is 0.944. The molecule has 138 valence electrons. The number of aromatic nitrogens is 1. The number of rotatable bonds is 4. The Bertz CT molecular complexity index is 661. The molecule has 1 atom stereocenters. The first-order chi connectivity index (χ1) is 11.8. The summed E-state index contributed by atoms with van der Waals surface area (Å²) in [6.45, 7) is 9.42. The lowest BCUT2D eigenvalue weighted by molar-refractivity contribution is 0.00287. The summed E-state index contributed by atoms with van der Waals surface area (Å²) in [6, 6.07) is 0.192. The number of oxazole rings is 1. The Hall–Kier alpha value is -2.05. The second-order valence-corrected chi connectivity index (χ2v) is 7.25. The van der Waals surface area contributed by atoms with Crippen LogP contribution in [0.1, 0.15) is 61.7 Å². The van der Waals surface area contributed by atoms with Gasteiger partial charge in [0, 0.05) is 38.9 Å². The Labute approximate surface area is 148 Å². The summed E-state index contributed by atoms with van der Waals surface area (Å²) in [6.07, 6.45) is 3.12. The molecule has 1 aromatic heterocycles. The first-order valence-electron chi connectivity index (χ1n) is 9.08. The summed E-state index contributed by atoms with van der Waals surface area (Å²) in [7, 11) is 0. The van der Waals surface area contributed by atoms with Crippen molar-refractivity contribution < 1.29 is 18.7 Å². The Morgan fingerprint density at radius 3 is 2.56 bits per heavy atom.